The quantitative estimate of drug-likeness (QED) is 0.437. The largest absolute Gasteiger partial charge is 0.497 e. The Morgan fingerprint density at radius 2 is 1.55 bits per heavy atom. The van der Waals surface area contributed by atoms with E-state index in [4.69, 9.17) is 4.74 Å². The van der Waals surface area contributed by atoms with E-state index in [1.807, 2.05) is 61.5 Å². The van der Waals surface area contributed by atoms with Crippen LogP contribution in [0.25, 0.3) is 6.08 Å². The van der Waals surface area contributed by atoms with E-state index in [9.17, 15) is 8.42 Å². The normalized spacial score (nSPS) is 12.3. The highest BCUT2D eigenvalue weighted by Gasteiger charge is 2.14. The number of ether oxygens (including phenoxy) is 1. The molecule has 148 valence electrons. The summed E-state index contributed by atoms with van der Waals surface area (Å²) in [5, 5.41) is 0. The van der Waals surface area contributed by atoms with Gasteiger partial charge in [0.25, 0.3) is 10.0 Å². The number of halogens is 1. The third-order valence-corrected chi connectivity index (χ3v) is 6.06. The molecular weight excluding hydrogens is 450 g/mol. The van der Waals surface area contributed by atoms with E-state index < -0.39 is 10.0 Å². The second kappa shape index (κ2) is 9.20. The van der Waals surface area contributed by atoms with Gasteiger partial charge in [-0.15, -0.1) is 0 Å². The average molecular weight is 470 g/mol. The lowest BCUT2D eigenvalue weighted by Gasteiger charge is -2.05. The minimum atomic E-state index is -3.84. The average Bonchev–Trinajstić information content (AvgIpc) is 2.72. The van der Waals surface area contributed by atoms with Crippen molar-refractivity contribution >= 4 is 37.7 Å². The van der Waals surface area contributed by atoms with Crippen LogP contribution in [0.1, 0.15) is 16.7 Å². The monoisotopic (exact) mass is 469 g/mol. The van der Waals surface area contributed by atoms with Gasteiger partial charge >= 0.3 is 0 Å². The number of hydrogen-bond donors (Lipinski definition) is 0. The third kappa shape index (κ3) is 5.65. The van der Waals surface area contributed by atoms with Crippen LogP contribution in [0.2, 0.25) is 0 Å². The van der Waals surface area contributed by atoms with Gasteiger partial charge in [0.15, 0.2) is 0 Å². The van der Waals surface area contributed by atoms with E-state index >= 15 is 0 Å². The van der Waals surface area contributed by atoms with Gasteiger partial charge < -0.3 is 4.74 Å². The number of aryl methyl sites for hydroxylation is 1. The van der Waals surface area contributed by atoms with Crippen molar-refractivity contribution in [2.75, 3.05) is 7.11 Å². The zero-order valence-electron chi connectivity index (χ0n) is 16.0. The number of nitrogens with zero attached hydrogens (tertiary/aromatic N) is 1. The summed E-state index contributed by atoms with van der Waals surface area (Å²) in [5.41, 5.74) is 2.95. The van der Waals surface area contributed by atoms with Crippen molar-refractivity contribution in [2.24, 2.45) is 4.40 Å². The highest BCUT2D eigenvalue weighted by atomic mass is 79.9. The Kier molecular flexibility index (Phi) is 6.67. The number of rotatable bonds is 6. The molecule has 0 spiro atoms. The number of benzene rings is 3. The van der Waals surface area contributed by atoms with Crippen LogP contribution in [0.15, 0.2) is 92.6 Å². The van der Waals surface area contributed by atoms with Crippen molar-refractivity contribution in [1.29, 1.82) is 0 Å². The van der Waals surface area contributed by atoms with Crippen LogP contribution in [0.5, 0.6) is 5.75 Å². The molecule has 0 amide bonds. The van der Waals surface area contributed by atoms with Crippen molar-refractivity contribution < 1.29 is 13.2 Å². The first kappa shape index (κ1) is 21.0. The SMILES string of the molecule is COc1ccc(/C=C/C(=N\S(=O)(=O)c2ccc(C)cc2)c2ccc(Br)cc2)cc1. The van der Waals surface area contributed by atoms with Gasteiger partial charge in [0.05, 0.1) is 17.7 Å². The molecule has 4 nitrogen and oxygen atoms in total. The molecule has 0 radical (unpaired) electrons. The van der Waals surface area contributed by atoms with E-state index in [1.165, 1.54) is 0 Å². The maximum atomic E-state index is 12.8. The fraction of sp³-hybridized carbons (Fsp3) is 0.0870. The predicted octanol–water partition coefficient (Wildman–Crippen LogP) is 5.66. The summed E-state index contributed by atoms with van der Waals surface area (Å²) in [6.07, 6.45) is 3.53. The Labute approximate surface area is 179 Å². The van der Waals surface area contributed by atoms with Crippen molar-refractivity contribution in [3.05, 3.63) is 100 Å². The fourth-order valence-electron chi connectivity index (χ4n) is 2.58. The summed E-state index contributed by atoms with van der Waals surface area (Å²) >= 11 is 3.40. The smallest absolute Gasteiger partial charge is 0.282 e. The molecule has 0 unspecified atom stereocenters. The molecule has 0 atom stereocenters. The Morgan fingerprint density at radius 3 is 2.14 bits per heavy atom. The maximum absolute atomic E-state index is 12.8. The highest BCUT2D eigenvalue weighted by Crippen LogP contribution is 2.18. The summed E-state index contributed by atoms with van der Waals surface area (Å²) in [6, 6.07) is 21.5. The topological polar surface area (TPSA) is 55.7 Å². The lowest BCUT2D eigenvalue weighted by molar-refractivity contribution is 0.415. The van der Waals surface area contributed by atoms with Gasteiger partial charge in [-0.2, -0.15) is 12.8 Å². The zero-order valence-corrected chi connectivity index (χ0v) is 18.4. The zero-order chi connectivity index (χ0) is 20.9. The summed E-state index contributed by atoms with van der Waals surface area (Å²) in [7, 11) is -2.23. The molecule has 0 N–H and O–H groups in total. The lowest BCUT2D eigenvalue weighted by Crippen LogP contribution is -2.04. The van der Waals surface area contributed by atoms with Crippen molar-refractivity contribution in [2.45, 2.75) is 11.8 Å². The molecule has 0 bridgehead atoms. The van der Waals surface area contributed by atoms with Crippen LogP contribution in [0.4, 0.5) is 0 Å². The van der Waals surface area contributed by atoms with Gasteiger partial charge in [-0.3, -0.25) is 0 Å². The van der Waals surface area contributed by atoms with Crippen LogP contribution in [0, 0.1) is 6.92 Å². The minimum absolute atomic E-state index is 0.163. The Balaban J connectivity index is 2.02. The van der Waals surface area contributed by atoms with E-state index in [0.29, 0.717) is 11.3 Å². The van der Waals surface area contributed by atoms with E-state index in [1.54, 1.807) is 37.5 Å². The first-order valence-electron chi connectivity index (χ1n) is 8.87. The van der Waals surface area contributed by atoms with Crippen molar-refractivity contribution in [1.82, 2.24) is 0 Å². The van der Waals surface area contributed by atoms with Crippen LogP contribution in [-0.2, 0) is 10.0 Å². The van der Waals surface area contributed by atoms with Crippen molar-refractivity contribution in [3.63, 3.8) is 0 Å². The molecule has 29 heavy (non-hydrogen) atoms. The molecule has 0 heterocycles. The first-order valence-corrected chi connectivity index (χ1v) is 11.1. The molecule has 0 aromatic heterocycles. The van der Waals surface area contributed by atoms with Gasteiger partial charge in [-0.05, 0) is 55.0 Å². The molecule has 3 aromatic rings. The molecule has 6 heteroatoms. The van der Waals surface area contributed by atoms with Crippen LogP contribution >= 0.6 is 15.9 Å². The Bertz CT molecular complexity index is 1130. The molecule has 0 aliphatic carbocycles. The Hall–Kier alpha value is -2.70. The second-order valence-electron chi connectivity index (χ2n) is 6.38. The van der Waals surface area contributed by atoms with Gasteiger partial charge in [-0.1, -0.05) is 64.0 Å². The van der Waals surface area contributed by atoms with E-state index in [2.05, 4.69) is 20.3 Å². The second-order valence-corrected chi connectivity index (χ2v) is 8.90. The standard InChI is InChI=1S/C23H20BrNO3S/c1-17-3-14-22(15-4-17)29(26,27)25-23(19-8-10-20(24)11-9-19)16-7-18-5-12-21(28-2)13-6-18/h3-16H,1-2H3/b16-7+,25-23+. The molecule has 0 aliphatic rings. The fourth-order valence-corrected chi connectivity index (χ4v) is 3.86. The number of methoxy groups -OCH3 is 1. The maximum Gasteiger partial charge on any atom is 0.282 e. The van der Waals surface area contributed by atoms with Gasteiger partial charge in [0, 0.05) is 10.0 Å². The van der Waals surface area contributed by atoms with Crippen molar-refractivity contribution in [3.8, 4) is 5.75 Å². The minimum Gasteiger partial charge on any atom is -0.497 e. The molecule has 0 saturated heterocycles. The van der Waals surface area contributed by atoms with Crippen LogP contribution in [-0.4, -0.2) is 21.2 Å². The molecule has 0 fully saturated rings. The highest BCUT2D eigenvalue weighted by molar-refractivity contribution is 9.10. The van der Waals surface area contributed by atoms with Gasteiger partial charge in [0.2, 0.25) is 0 Å². The molecule has 0 saturated carbocycles. The molecule has 0 aliphatic heterocycles. The number of sulfonamides is 1. The van der Waals surface area contributed by atoms with Crippen LogP contribution in [0.3, 0.4) is 0 Å². The molecular formula is C23H20BrNO3S. The molecule has 3 rings (SSSR count). The lowest BCUT2D eigenvalue weighted by atomic mass is 10.1. The summed E-state index contributed by atoms with van der Waals surface area (Å²) in [4.78, 5) is 0.163. The third-order valence-electron chi connectivity index (χ3n) is 4.23. The van der Waals surface area contributed by atoms with Gasteiger partial charge in [-0.25, -0.2) is 0 Å². The summed E-state index contributed by atoms with van der Waals surface area (Å²) in [5.74, 6) is 0.755. The summed E-state index contributed by atoms with van der Waals surface area (Å²) < 4.78 is 35.9. The number of allylic oxidation sites excluding steroid dienone is 1. The molecule has 3 aromatic carbocycles. The number of hydrogen-bond acceptors (Lipinski definition) is 3. The van der Waals surface area contributed by atoms with Crippen LogP contribution < -0.4 is 4.74 Å². The van der Waals surface area contributed by atoms with E-state index in [-0.39, 0.29) is 4.90 Å². The first-order chi connectivity index (χ1) is 13.9. The van der Waals surface area contributed by atoms with E-state index in [0.717, 1.165) is 21.3 Å². The predicted molar refractivity (Wildman–Crippen MR) is 121 cm³/mol. The Morgan fingerprint density at radius 1 is 0.931 bits per heavy atom. The summed E-state index contributed by atoms with van der Waals surface area (Å²) in [6.45, 7) is 1.91. The van der Waals surface area contributed by atoms with Gasteiger partial charge in [0.1, 0.15) is 5.75 Å².